The van der Waals surface area contributed by atoms with Gasteiger partial charge in [-0.2, -0.15) is 0 Å². The SMILES string of the molecule is CCOC(=O)c1c(C)[nH]c(C(=O)Nc2cccc(C3(C)NC(=O)NC3=O)c2)c1C. The van der Waals surface area contributed by atoms with Crippen molar-refractivity contribution in [3.8, 4) is 0 Å². The van der Waals surface area contributed by atoms with Crippen molar-refractivity contribution in [1.29, 1.82) is 0 Å². The Morgan fingerprint density at radius 1 is 1.21 bits per heavy atom. The number of hydrogen-bond donors (Lipinski definition) is 4. The minimum absolute atomic E-state index is 0.236. The van der Waals surface area contributed by atoms with Gasteiger partial charge in [-0.1, -0.05) is 12.1 Å². The maximum atomic E-state index is 12.8. The van der Waals surface area contributed by atoms with Crippen molar-refractivity contribution in [1.82, 2.24) is 15.6 Å². The zero-order chi connectivity index (χ0) is 21.3. The molecule has 3 rings (SSSR count). The van der Waals surface area contributed by atoms with Crippen molar-refractivity contribution in [2.24, 2.45) is 0 Å². The van der Waals surface area contributed by atoms with Crippen LogP contribution >= 0.6 is 0 Å². The number of H-pyrrole nitrogens is 1. The summed E-state index contributed by atoms with van der Waals surface area (Å²) in [7, 11) is 0. The Balaban J connectivity index is 1.86. The van der Waals surface area contributed by atoms with Gasteiger partial charge in [-0.15, -0.1) is 0 Å². The first kappa shape index (κ1) is 20.1. The molecule has 4 amide bonds. The number of aryl methyl sites for hydroxylation is 1. The van der Waals surface area contributed by atoms with Gasteiger partial charge in [-0.25, -0.2) is 9.59 Å². The van der Waals surface area contributed by atoms with E-state index in [9.17, 15) is 19.2 Å². The van der Waals surface area contributed by atoms with E-state index in [1.54, 1.807) is 52.0 Å². The molecule has 2 heterocycles. The number of urea groups is 1. The smallest absolute Gasteiger partial charge is 0.340 e. The highest BCUT2D eigenvalue weighted by atomic mass is 16.5. The third kappa shape index (κ3) is 3.58. The highest BCUT2D eigenvalue weighted by Gasteiger charge is 2.43. The summed E-state index contributed by atoms with van der Waals surface area (Å²) < 4.78 is 5.04. The van der Waals surface area contributed by atoms with Crippen LogP contribution in [-0.4, -0.2) is 35.4 Å². The molecule has 1 saturated heterocycles. The zero-order valence-electron chi connectivity index (χ0n) is 16.6. The number of imide groups is 1. The van der Waals surface area contributed by atoms with Crippen molar-refractivity contribution < 1.29 is 23.9 Å². The molecule has 0 aliphatic carbocycles. The number of aromatic amines is 1. The maximum absolute atomic E-state index is 12.8. The third-order valence-corrected chi connectivity index (χ3v) is 4.89. The van der Waals surface area contributed by atoms with Gasteiger partial charge in [0.15, 0.2) is 0 Å². The van der Waals surface area contributed by atoms with Gasteiger partial charge in [-0.3, -0.25) is 14.9 Å². The Kier molecular flexibility index (Phi) is 5.15. The predicted octanol–water partition coefficient (Wildman–Crippen LogP) is 2.12. The van der Waals surface area contributed by atoms with E-state index in [4.69, 9.17) is 4.74 Å². The molecule has 1 fully saturated rings. The average Bonchev–Trinajstić information content (AvgIpc) is 3.10. The summed E-state index contributed by atoms with van der Waals surface area (Å²) in [6.45, 7) is 6.89. The molecule has 152 valence electrons. The van der Waals surface area contributed by atoms with E-state index in [1.165, 1.54) is 0 Å². The summed E-state index contributed by atoms with van der Waals surface area (Å²) in [6, 6.07) is 6.06. The fraction of sp³-hybridized carbons (Fsp3) is 0.300. The Morgan fingerprint density at radius 2 is 1.93 bits per heavy atom. The highest BCUT2D eigenvalue weighted by Crippen LogP contribution is 2.27. The monoisotopic (exact) mass is 398 g/mol. The number of ether oxygens (including phenoxy) is 1. The quantitative estimate of drug-likeness (QED) is 0.453. The minimum atomic E-state index is -1.23. The maximum Gasteiger partial charge on any atom is 0.340 e. The number of amides is 4. The summed E-state index contributed by atoms with van der Waals surface area (Å²) in [5.74, 6) is -1.40. The molecule has 1 atom stereocenters. The normalized spacial score (nSPS) is 18.2. The Morgan fingerprint density at radius 3 is 2.55 bits per heavy atom. The van der Waals surface area contributed by atoms with E-state index in [0.717, 1.165) is 0 Å². The largest absolute Gasteiger partial charge is 0.462 e. The molecule has 0 spiro atoms. The molecule has 0 saturated carbocycles. The summed E-state index contributed by atoms with van der Waals surface area (Å²) in [5, 5.41) is 7.54. The highest BCUT2D eigenvalue weighted by molar-refractivity contribution is 6.08. The van der Waals surface area contributed by atoms with Crippen molar-refractivity contribution in [3.63, 3.8) is 0 Å². The van der Waals surface area contributed by atoms with Gasteiger partial charge in [0.2, 0.25) is 0 Å². The van der Waals surface area contributed by atoms with Gasteiger partial charge >= 0.3 is 12.0 Å². The standard InChI is InChI=1S/C20H22N4O5/c1-5-29-17(26)14-10(2)15(21-11(14)3)16(25)22-13-8-6-7-12(9-13)20(4)18(27)23-19(28)24-20/h6-9,21H,5H2,1-4H3,(H,22,25)(H2,23,24,27,28). The molecule has 1 aliphatic heterocycles. The first-order valence-electron chi connectivity index (χ1n) is 9.09. The van der Waals surface area contributed by atoms with Crippen LogP contribution < -0.4 is 16.0 Å². The van der Waals surface area contributed by atoms with E-state index in [0.29, 0.717) is 28.1 Å². The van der Waals surface area contributed by atoms with Crippen LogP contribution in [0.5, 0.6) is 0 Å². The van der Waals surface area contributed by atoms with Crippen LogP contribution in [0.25, 0.3) is 0 Å². The molecule has 29 heavy (non-hydrogen) atoms. The number of rotatable bonds is 5. The molecule has 4 N–H and O–H groups in total. The van der Waals surface area contributed by atoms with Gasteiger partial charge in [0.05, 0.1) is 12.2 Å². The second kappa shape index (κ2) is 7.42. The van der Waals surface area contributed by atoms with Crippen molar-refractivity contribution >= 4 is 29.5 Å². The molecule has 0 bridgehead atoms. The molecule has 9 nitrogen and oxygen atoms in total. The van der Waals surface area contributed by atoms with Gasteiger partial charge in [0.1, 0.15) is 11.2 Å². The van der Waals surface area contributed by atoms with Crippen LogP contribution in [0, 0.1) is 13.8 Å². The number of carbonyl (C=O) groups is 4. The number of carbonyl (C=O) groups excluding carboxylic acids is 4. The number of esters is 1. The molecule has 2 aromatic rings. The van der Waals surface area contributed by atoms with Crippen LogP contribution in [0.1, 0.15) is 51.5 Å². The van der Waals surface area contributed by atoms with Crippen molar-refractivity contribution in [3.05, 3.63) is 52.3 Å². The molecule has 1 unspecified atom stereocenters. The lowest BCUT2D eigenvalue weighted by Crippen LogP contribution is -2.40. The number of anilines is 1. The first-order chi connectivity index (χ1) is 13.7. The molecule has 1 aliphatic rings. The number of benzene rings is 1. The summed E-state index contributed by atoms with van der Waals surface area (Å²) in [5.41, 5.74) is 1.34. The summed E-state index contributed by atoms with van der Waals surface area (Å²) in [6.07, 6.45) is 0. The van der Waals surface area contributed by atoms with Gasteiger partial charge in [0, 0.05) is 11.4 Å². The fourth-order valence-electron chi connectivity index (χ4n) is 3.33. The third-order valence-electron chi connectivity index (χ3n) is 4.89. The Hall–Kier alpha value is -3.62. The zero-order valence-corrected chi connectivity index (χ0v) is 16.6. The molecule has 9 heteroatoms. The van der Waals surface area contributed by atoms with E-state index in [1.807, 2.05) is 0 Å². The molecular weight excluding hydrogens is 376 g/mol. The Bertz CT molecular complexity index is 1030. The summed E-state index contributed by atoms with van der Waals surface area (Å²) in [4.78, 5) is 51.5. The lowest BCUT2D eigenvalue weighted by atomic mass is 9.92. The number of nitrogens with one attached hydrogen (secondary N) is 4. The second-order valence-corrected chi connectivity index (χ2v) is 6.91. The van der Waals surface area contributed by atoms with Crippen LogP contribution in [0.2, 0.25) is 0 Å². The lowest BCUT2D eigenvalue weighted by Gasteiger charge is -2.21. The minimum Gasteiger partial charge on any atom is -0.462 e. The van der Waals surface area contributed by atoms with Crippen molar-refractivity contribution in [2.45, 2.75) is 33.2 Å². The fourth-order valence-corrected chi connectivity index (χ4v) is 3.33. The first-order valence-corrected chi connectivity index (χ1v) is 9.09. The molecule has 1 aromatic carbocycles. The second-order valence-electron chi connectivity index (χ2n) is 6.91. The number of aromatic nitrogens is 1. The van der Waals surface area contributed by atoms with Crippen LogP contribution in [-0.2, 0) is 15.1 Å². The van der Waals surface area contributed by atoms with Crippen LogP contribution in [0.15, 0.2) is 24.3 Å². The molecule has 0 radical (unpaired) electrons. The van der Waals surface area contributed by atoms with Gasteiger partial charge < -0.3 is 20.4 Å². The van der Waals surface area contributed by atoms with Crippen LogP contribution in [0.3, 0.4) is 0 Å². The van der Waals surface area contributed by atoms with E-state index < -0.39 is 29.4 Å². The molecule has 1 aromatic heterocycles. The van der Waals surface area contributed by atoms with Crippen LogP contribution in [0.4, 0.5) is 10.5 Å². The van der Waals surface area contributed by atoms with Crippen molar-refractivity contribution in [2.75, 3.05) is 11.9 Å². The van der Waals surface area contributed by atoms with E-state index >= 15 is 0 Å². The Labute approximate surface area is 167 Å². The van der Waals surface area contributed by atoms with E-state index in [-0.39, 0.29) is 12.3 Å². The van der Waals surface area contributed by atoms with E-state index in [2.05, 4.69) is 20.9 Å². The number of hydrogen-bond acceptors (Lipinski definition) is 5. The average molecular weight is 398 g/mol. The predicted molar refractivity (Wildman–Crippen MR) is 105 cm³/mol. The van der Waals surface area contributed by atoms with Gasteiger partial charge in [0.25, 0.3) is 11.8 Å². The summed E-state index contributed by atoms with van der Waals surface area (Å²) >= 11 is 0. The lowest BCUT2D eigenvalue weighted by molar-refractivity contribution is -0.123. The molecular formula is C20H22N4O5. The van der Waals surface area contributed by atoms with Gasteiger partial charge in [-0.05, 0) is 51.0 Å². The topological polar surface area (TPSA) is 129 Å².